The molecule has 6 aromatic rings. The molecule has 7 heteroatoms. The van der Waals surface area contributed by atoms with E-state index >= 15 is 0 Å². The van der Waals surface area contributed by atoms with E-state index in [9.17, 15) is 0 Å². The summed E-state index contributed by atoms with van der Waals surface area (Å²) in [5.74, 6) is 0. The molecular weight excluding hydrogens is 494 g/mol. The minimum absolute atomic E-state index is 0.764. The number of pyridine rings is 1. The first-order valence-electron chi connectivity index (χ1n) is 13.9. The summed E-state index contributed by atoms with van der Waals surface area (Å²) in [7, 11) is 2.19. The van der Waals surface area contributed by atoms with Gasteiger partial charge in [-0.2, -0.15) is 5.10 Å². The van der Waals surface area contributed by atoms with E-state index < -0.39 is 0 Å². The number of hydrogen-bond acceptors (Lipinski definition) is 5. The van der Waals surface area contributed by atoms with Crippen molar-refractivity contribution in [2.45, 2.75) is 13.1 Å². The Kier molecular flexibility index (Phi) is 6.51. The Morgan fingerprint density at radius 1 is 0.750 bits per heavy atom. The topological polar surface area (TPSA) is 75.9 Å². The van der Waals surface area contributed by atoms with Crippen molar-refractivity contribution in [2.24, 2.45) is 0 Å². The molecule has 3 aromatic carbocycles. The lowest BCUT2D eigenvalue weighted by atomic mass is 10.0. The summed E-state index contributed by atoms with van der Waals surface area (Å²) in [4.78, 5) is 13.1. The first kappa shape index (κ1) is 24.6. The summed E-state index contributed by atoms with van der Waals surface area (Å²) in [6.45, 7) is 5.84. The normalized spacial score (nSPS) is 14.4. The molecule has 200 valence electrons. The van der Waals surface area contributed by atoms with Crippen molar-refractivity contribution in [3.8, 4) is 22.5 Å². The van der Waals surface area contributed by atoms with Gasteiger partial charge in [0, 0.05) is 79.2 Å². The number of anilines is 1. The van der Waals surface area contributed by atoms with E-state index in [1.54, 1.807) is 0 Å². The van der Waals surface area contributed by atoms with Gasteiger partial charge >= 0.3 is 0 Å². The molecule has 1 aliphatic heterocycles. The molecule has 0 aliphatic carbocycles. The maximum absolute atomic E-state index is 4.73. The zero-order chi connectivity index (χ0) is 26.9. The second-order valence-corrected chi connectivity index (χ2v) is 10.7. The van der Waals surface area contributed by atoms with Crippen LogP contribution in [0.5, 0.6) is 0 Å². The van der Waals surface area contributed by atoms with E-state index in [4.69, 9.17) is 5.10 Å². The molecule has 0 amide bonds. The van der Waals surface area contributed by atoms with Crippen LogP contribution in [-0.2, 0) is 13.1 Å². The largest absolute Gasteiger partial charge is 0.368 e. The van der Waals surface area contributed by atoms with Crippen LogP contribution >= 0.6 is 0 Å². The van der Waals surface area contributed by atoms with Crippen molar-refractivity contribution in [3.63, 3.8) is 0 Å². The number of nitrogens with zero attached hydrogens (tertiary/aromatic N) is 4. The third kappa shape index (κ3) is 4.85. The van der Waals surface area contributed by atoms with Gasteiger partial charge in [0.1, 0.15) is 5.69 Å². The van der Waals surface area contributed by atoms with Gasteiger partial charge in [0.05, 0.1) is 11.2 Å². The van der Waals surface area contributed by atoms with Crippen LogP contribution < -0.4 is 10.2 Å². The zero-order valence-corrected chi connectivity index (χ0v) is 22.7. The van der Waals surface area contributed by atoms with Crippen LogP contribution in [0.15, 0.2) is 91.3 Å². The van der Waals surface area contributed by atoms with E-state index in [1.165, 1.54) is 16.6 Å². The number of fused-ring (bicyclic) bond motifs is 2. The fraction of sp³-hybridized carbons (Fsp3) is 0.212. The number of rotatable bonds is 7. The smallest absolute Gasteiger partial charge is 0.116 e. The molecule has 7 nitrogen and oxygen atoms in total. The Morgan fingerprint density at radius 3 is 2.48 bits per heavy atom. The molecule has 0 unspecified atom stereocenters. The number of piperazine rings is 1. The Labute approximate surface area is 233 Å². The minimum Gasteiger partial charge on any atom is -0.368 e. The van der Waals surface area contributed by atoms with Gasteiger partial charge in [-0.3, -0.25) is 10.1 Å². The summed E-state index contributed by atoms with van der Waals surface area (Å²) < 4.78 is 0. The van der Waals surface area contributed by atoms with Crippen molar-refractivity contribution in [1.82, 2.24) is 30.4 Å². The molecule has 0 radical (unpaired) electrons. The van der Waals surface area contributed by atoms with E-state index in [1.807, 2.05) is 18.5 Å². The minimum atomic E-state index is 0.764. The van der Waals surface area contributed by atoms with Crippen molar-refractivity contribution in [3.05, 3.63) is 102 Å². The first-order chi connectivity index (χ1) is 19.7. The van der Waals surface area contributed by atoms with Gasteiger partial charge in [0.25, 0.3) is 0 Å². The van der Waals surface area contributed by atoms with Gasteiger partial charge in [0.2, 0.25) is 0 Å². The second kappa shape index (κ2) is 10.6. The Morgan fingerprint density at radius 2 is 1.60 bits per heavy atom. The van der Waals surface area contributed by atoms with E-state index in [0.29, 0.717) is 0 Å². The summed E-state index contributed by atoms with van der Waals surface area (Å²) >= 11 is 0. The van der Waals surface area contributed by atoms with Crippen molar-refractivity contribution < 1.29 is 0 Å². The highest BCUT2D eigenvalue weighted by Crippen LogP contribution is 2.35. The van der Waals surface area contributed by atoms with Crippen LogP contribution in [-0.4, -0.2) is 58.3 Å². The molecule has 0 atom stereocenters. The molecule has 1 fully saturated rings. The molecule has 0 saturated carbocycles. The summed E-state index contributed by atoms with van der Waals surface area (Å²) in [5.41, 5.74) is 10.1. The van der Waals surface area contributed by atoms with Crippen molar-refractivity contribution >= 4 is 27.5 Å². The third-order valence-corrected chi connectivity index (χ3v) is 7.93. The molecule has 3 N–H and O–H groups in total. The van der Waals surface area contributed by atoms with E-state index in [2.05, 4.69) is 110 Å². The lowest BCUT2D eigenvalue weighted by Gasteiger charge is -2.34. The molecule has 0 bridgehead atoms. The highest BCUT2D eigenvalue weighted by atomic mass is 15.2. The number of H-pyrrole nitrogens is 2. The lowest BCUT2D eigenvalue weighted by molar-refractivity contribution is 0.313. The molecule has 40 heavy (non-hydrogen) atoms. The number of aromatic nitrogens is 4. The second-order valence-electron chi connectivity index (χ2n) is 10.7. The third-order valence-electron chi connectivity index (χ3n) is 7.93. The summed E-state index contributed by atoms with van der Waals surface area (Å²) in [6.07, 6.45) is 3.87. The standard InChI is InChI=1S/C33H33N7/c1-39-12-14-40(15-13-39)32-9-5-8-29-27(32)18-31(36-29)33-28-17-25(10-11-30(28)37-38-33)26-16-24(21-35-22-26)20-34-19-23-6-3-2-4-7-23/h2-11,16-18,21-22,34,36H,12-15,19-20H2,1H3,(H,37,38). The summed E-state index contributed by atoms with van der Waals surface area (Å²) in [5, 5.41) is 13.8. The number of benzene rings is 3. The SMILES string of the molecule is CN1CCN(c2cccc3[nH]c(-c4n[nH]c5ccc(-c6cncc(CNCc7ccccc7)c6)cc45)cc23)CC1. The number of aromatic amines is 2. The van der Waals surface area contributed by atoms with Gasteiger partial charge in [-0.05, 0) is 60.1 Å². The van der Waals surface area contributed by atoms with Crippen molar-refractivity contribution in [2.75, 3.05) is 38.1 Å². The van der Waals surface area contributed by atoms with Crippen LogP contribution in [0.25, 0.3) is 44.3 Å². The van der Waals surface area contributed by atoms with Crippen LogP contribution in [0.4, 0.5) is 5.69 Å². The highest BCUT2D eigenvalue weighted by Gasteiger charge is 2.19. The Hall–Kier alpha value is -4.46. The van der Waals surface area contributed by atoms with Crippen LogP contribution in [0.2, 0.25) is 0 Å². The van der Waals surface area contributed by atoms with Gasteiger partial charge in [-0.25, -0.2) is 0 Å². The Balaban J connectivity index is 1.17. The molecule has 0 spiro atoms. The molecule has 1 saturated heterocycles. The lowest BCUT2D eigenvalue weighted by Crippen LogP contribution is -2.44. The van der Waals surface area contributed by atoms with Crippen LogP contribution in [0.1, 0.15) is 11.1 Å². The molecule has 7 rings (SSSR count). The number of hydrogen-bond donors (Lipinski definition) is 3. The predicted molar refractivity (Wildman–Crippen MR) is 163 cm³/mol. The maximum Gasteiger partial charge on any atom is 0.116 e. The van der Waals surface area contributed by atoms with E-state index in [-0.39, 0.29) is 0 Å². The monoisotopic (exact) mass is 527 g/mol. The predicted octanol–water partition coefficient (Wildman–Crippen LogP) is 5.81. The fourth-order valence-electron chi connectivity index (χ4n) is 5.68. The first-order valence-corrected chi connectivity index (χ1v) is 13.9. The van der Waals surface area contributed by atoms with E-state index in [0.717, 1.165) is 83.8 Å². The van der Waals surface area contributed by atoms with Crippen LogP contribution in [0, 0.1) is 0 Å². The average molecular weight is 528 g/mol. The molecule has 3 aromatic heterocycles. The van der Waals surface area contributed by atoms with Gasteiger partial charge in [-0.15, -0.1) is 0 Å². The van der Waals surface area contributed by atoms with Crippen molar-refractivity contribution in [1.29, 1.82) is 0 Å². The number of likely N-dealkylation sites (N-methyl/N-ethyl adjacent to an activating group) is 1. The Bertz CT molecular complexity index is 1760. The van der Waals surface area contributed by atoms with Crippen LogP contribution in [0.3, 0.4) is 0 Å². The molecule has 4 heterocycles. The van der Waals surface area contributed by atoms with Gasteiger partial charge in [0.15, 0.2) is 0 Å². The van der Waals surface area contributed by atoms with Gasteiger partial charge in [-0.1, -0.05) is 42.5 Å². The fourth-order valence-corrected chi connectivity index (χ4v) is 5.68. The quantitative estimate of drug-likeness (QED) is 0.244. The average Bonchev–Trinajstić information content (AvgIpc) is 3.62. The summed E-state index contributed by atoms with van der Waals surface area (Å²) in [6, 6.07) is 27.9. The molecule has 1 aliphatic rings. The van der Waals surface area contributed by atoms with Gasteiger partial charge < -0.3 is 20.1 Å². The highest BCUT2D eigenvalue weighted by molar-refractivity contribution is 6.01. The number of nitrogens with one attached hydrogen (secondary N) is 3. The maximum atomic E-state index is 4.73. The zero-order valence-electron chi connectivity index (χ0n) is 22.7. The molecular formula is C33H33N7.